The van der Waals surface area contributed by atoms with Gasteiger partial charge in [0.1, 0.15) is 18.0 Å². The fourth-order valence-electron chi connectivity index (χ4n) is 1.97. The fraction of sp³-hybridized carbons (Fsp3) is 0.600. The van der Waals surface area contributed by atoms with Gasteiger partial charge in [-0.2, -0.15) is 4.98 Å². The van der Waals surface area contributed by atoms with Crippen LogP contribution in [0.5, 0.6) is 0 Å². The number of rotatable bonds is 2. The van der Waals surface area contributed by atoms with Crippen LogP contribution in [0.2, 0.25) is 0 Å². The van der Waals surface area contributed by atoms with Gasteiger partial charge < -0.3 is 20.7 Å². The molecule has 0 radical (unpaired) electrons. The van der Waals surface area contributed by atoms with E-state index in [2.05, 4.69) is 4.98 Å². The van der Waals surface area contributed by atoms with E-state index in [4.69, 9.17) is 15.6 Å². The van der Waals surface area contributed by atoms with Gasteiger partial charge in [0.2, 0.25) is 0 Å². The number of ether oxygens (including phenoxy) is 1. The third-order valence-electron chi connectivity index (χ3n) is 3.00. The number of nitrogens with zero attached hydrogens (tertiary/aromatic N) is 2. The van der Waals surface area contributed by atoms with Crippen molar-refractivity contribution in [2.24, 2.45) is 0 Å². The van der Waals surface area contributed by atoms with Gasteiger partial charge in [-0.25, -0.2) is 9.18 Å². The summed E-state index contributed by atoms with van der Waals surface area (Å²) in [6.07, 6.45) is -2.74. The molecule has 1 aliphatic heterocycles. The molecule has 2 heterocycles. The summed E-state index contributed by atoms with van der Waals surface area (Å²) in [4.78, 5) is 15.1. The Balaban J connectivity index is 2.42. The lowest BCUT2D eigenvalue weighted by Crippen LogP contribution is -2.42. The second-order valence-corrected chi connectivity index (χ2v) is 4.35. The monoisotopic (exact) mass is 259 g/mol. The standard InChI is InChI=1S/C10H14FN3O4/c1-10(11)7(16)5(4-15)18-8(10)14-3-2-6(12)13-9(14)17/h2-3,5,7-8,15-16H,4H2,1H3,(H2,12,13,17)/t5?,7-,8+,10-/m0/s1. The lowest BCUT2D eigenvalue weighted by Gasteiger charge is -2.24. The van der Waals surface area contributed by atoms with E-state index < -0.39 is 36.4 Å². The van der Waals surface area contributed by atoms with Crippen molar-refractivity contribution < 1.29 is 19.3 Å². The van der Waals surface area contributed by atoms with Crippen LogP contribution in [0.4, 0.5) is 10.2 Å². The normalized spacial score (nSPS) is 35.9. The van der Waals surface area contributed by atoms with Crippen molar-refractivity contribution in [2.75, 3.05) is 12.3 Å². The smallest absolute Gasteiger partial charge is 0.351 e. The lowest BCUT2D eigenvalue weighted by molar-refractivity contribution is -0.0610. The lowest BCUT2D eigenvalue weighted by atomic mass is 9.98. The molecule has 100 valence electrons. The highest BCUT2D eigenvalue weighted by atomic mass is 19.1. The number of nitrogen functional groups attached to an aromatic ring is 1. The SMILES string of the molecule is C[C@]1(F)[C@@H](O)C(CO)O[C@H]1n1ccc(N)nc1=O. The quantitative estimate of drug-likeness (QED) is 0.615. The minimum absolute atomic E-state index is 0.00839. The van der Waals surface area contributed by atoms with Crippen molar-refractivity contribution in [2.45, 2.75) is 31.0 Å². The predicted molar refractivity (Wildman–Crippen MR) is 59.4 cm³/mol. The van der Waals surface area contributed by atoms with Crippen molar-refractivity contribution in [3.8, 4) is 0 Å². The molecule has 1 saturated heterocycles. The molecule has 0 aliphatic carbocycles. The Morgan fingerprint density at radius 1 is 1.72 bits per heavy atom. The molecule has 0 amide bonds. The Hall–Kier alpha value is -1.51. The fourth-order valence-corrected chi connectivity index (χ4v) is 1.97. The highest BCUT2D eigenvalue weighted by Gasteiger charge is 2.55. The number of aliphatic hydroxyl groups is 2. The van der Waals surface area contributed by atoms with Crippen molar-refractivity contribution in [1.29, 1.82) is 0 Å². The number of aliphatic hydroxyl groups excluding tert-OH is 2. The summed E-state index contributed by atoms with van der Waals surface area (Å²) in [5.74, 6) is 0.00839. The van der Waals surface area contributed by atoms with Gasteiger partial charge in [-0.3, -0.25) is 4.57 Å². The highest BCUT2D eigenvalue weighted by molar-refractivity contribution is 5.23. The van der Waals surface area contributed by atoms with Crippen molar-refractivity contribution in [1.82, 2.24) is 9.55 Å². The number of halogens is 1. The summed E-state index contributed by atoms with van der Waals surface area (Å²) in [5.41, 5.74) is 2.33. The minimum atomic E-state index is -2.21. The van der Waals surface area contributed by atoms with Crippen LogP contribution < -0.4 is 11.4 Å². The first-order chi connectivity index (χ1) is 8.37. The molecule has 0 saturated carbocycles. The summed E-state index contributed by atoms with van der Waals surface area (Å²) >= 11 is 0. The van der Waals surface area contributed by atoms with E-state index in [-0.39, 0.29) is 5.82 Å². The molecular formula is C10H14FN3O4. The number of anilines is 1. The van der Waals surface area contributed by atoms with Gasteiger partial charge in [-0.1, -0.05) is 0 Å². The van der Waals surface area contributed by atoms with Crippen LogP contribution >= 0.6 is 0 Å². The second-order valence-electron chi connectivity index (χ2n) is 4.35. The van der Waals surface area contributed by atoms with Crippen molar-refractivity contribution in [3.05, 3.63) is 22.7 Å². The van der Waals surface area contributed by atoms with Crippen LogP contribution in [0.25, 0.3) is 0 Å². The highest BCUT2D eigenvalue weighted by Crippen LogP contribution is 2.40. The molecule has 1 unspecified atom stereocenters. The van der Waals surface area contributed by atoms with Gasteiger partial charge in [0.05, 0.1) is 6.61 Å². The average molecular weight is 259 g/mol. The maximum atomic E-state index is 14.4. The van der Waals surface area contributed by atoms with E-state index >= 15 is 0 Å². The molecule has 0 bridgehead atoms. The van der Waals surface area contributed by atoms with Crippen LogP contribution in [-0.4, -0.2) is 44.2 Å². The molecule has 1 aromatic rings. The molecule has 0 spiro atoms. The van der Waals surface area contributed by atoms with Gasteiger partial charge in [-0.05, 0) is 13.0 Å². The Morgan fingerprint density at radius 2 is 2.39 bits per heavy atom. The molecular weight excluding hydrogens is 245 g/mol. The van der Waals surface area contributed by atoms with Crippen LogP contribution in [0, 0.1) is 0 Å². The molecule has 1 aliphatic rings. The summed E-state index contributed by atoms with van der Waals surface area (Å²) < 4.78 is 20.4. The summed E-state index contributed by atoms with van der Waals surface area (Å²) in [6, 6.07) is 1.32. The summed E-state index contributed by atoms with van der Waals surface area (Å²) in [6.45, 7) is 0.551. The first-order valence-corrected chi connectivity index (χ1v) is 5.36. The zero-order valence-electron chi connectivity index (χ0n) is 9.65. The van der Waals surface area contributed by atoms with Crippen LogP contribution in [-0.2, 0) is 4.74 Å². The number of hydrogen-bond acceptors (Lipinski definition) is 6. The van der Waals surface area contributed by atoms with E-state index in [0.717, 1.165) is 11.5 Å². The number of alkyl halides is 1. The van der Waals surface area contributed by atoms with Gasteiger partial charge >= 0.3 is 5.69 Å². The minimum Gasteiger partial charge on any atom is -0.394 e. The molecule has 7 nitrogen and oxygen atoms in total. The summed E-state index contributed by atoms with van der Waals surface area (Å²) in [7, 11) is 0. The van der Waals surface area contributed by atoms with E-state index in [1.807, 2.05) is 0 Å². The first kappa shape index (κ1) is 12.9. The third-order valence-corrected chi connectivity index (χ3v) is 3.00. The molecule has 1 fully saturated rings. The van der Waals surface area contributed by atoms with Gasteiger partial charge in [0.15, 0.2) is 11.9 Å². The average Bonchev–Trinajstić information content (AvgIpc) is 2.52. The van der Waals surface area contributed by atoms with Gasteiger partial charge in [0.25, 0.3) is 0 Å². The number of nitrogens with two attached hydrogens (primary N) is 1. The Labute approximate surface area is 102 Å². The van der Waals surface area contributed by atoms with Crippen LogP contribution in [0.1, 0.15) is 13.2 Å². The van der Waals surface area contributed by atoms with E-state index in [1.54, 1.807) is 0 Å². The molecule has 0 aromatic carbocycles. The molecule has 2 rings (SSSR count). The zero-order chi connectivity index (χ0) is 13.5. The second kappa shape index (κ2) is 4.30. The van der Waals surface area contributed by atoms with Crippen molar-refractivity contribution in [3.63, 3.8) is 0 Å². The Kier molecular flexibility index (Phi) is 3.09. The predicted octanol–water partition coefficient (Wildman–Crippen LogP) is -1.20. The van der Waals surface area contributed by atoms with Gasteiger partial charge in [0, 0.05) is 6.20 Å². The van der Waals surface area contributed by atoms with E-state index in [9.17, 15) is 14.3 Å². The topological polar surface area (TPSA) is 111 Å². The molecule has 18 heavy (non-hydrogen) atoms. The largest absolute Gasteiger partial charge is 0.394 e. The van der Waals surface area contributed by atoms with Crippen LogP contribution in [0.15, 0.2) is 17.1 Å². The number of hydrogen-bond donors (Lipinski definition) is 3. The van der Waals surface area contributed by atoms with Gasteiger partial charge in [-0.15, -0.1) is 0 Å². The number of aromatic nitrogens is 2. The maximum Gasteiger partial charge on any atom is 0.351 e. The Bertz CT molecular complexity index is 504. The van der Waals surface area contributed by atoms with Crippen LogP contribution in [0.3, 0.4) is 0 Å². The Morgan fingerprint density at radius 3 is 2.89 bits per heavy atom. The van der Waals surface area contributed by atoms with E-state index in [1.165, 1.54) is 12.3 Å². The third kappa shape index (κ3) is 1.88. The summed E-state index contributed by atoms with van der Waals surface area (Å²) in [5, 5.41) is 18.6. The maximum absolute atomic E-state index is 14.4. The molecule has 8 heteroatoms. The molecule has 4 atom stereocenters. The first-order valence-electron chi connectivity index (χ1n) is 5.36. The zero-order valence-corrected chi connectivity index (χ0v) is 9.65. The van der Waals surface area contributed by atoms with E-state index in [0.29, 0.717) is 0 Å². The van der Waals surface area contributed by atoms with Crippen molar-refractivity contribution >= 4 is 5.82 Å². The molecule has 4 N–H and O–H groups in total. The molecule has 1 aromatic heterocycles.